The number of nitrogens with zero attached hydrogens (tertiary/aromatic N) is 2. The third-order valence-corrected chi connectivity index (χ3v) is 3.81. The van der Waals surface area contributed by atoms with Crippen molar-refractivity contribution in [2.24, 2.45) is 0 Å². The predicted octanol–water partition coefficient (Wildman–Crippen LogP) is 2.07. The molecule has 0 bridgehead atoms. The van der Waals surface area contributed by atoms with Gasteiger partial charge in [-0.15, -0.1) is 0 Å². The van der Waals surface area contributed by atoms with Gasteiger partial charge in [0.05, 0.1) is 4.92 Å². The average molecular weight is 298 g/mol. The van der Waals surface area contributed by atoms with Crippen LogP contribution < -0.4 is 5.32 Å². The van der Waals surface area contributed by atoms with Crippen molar-refractivity contribution in [3.05, 3.63) is 38.9 Å². The molecule has 1 aromatic carbocycles. The molecule has 2 rings (SSSR count). The van der Waals surface area contributed by atoms with E-state index in [2.05, 4.69) is 5.32 Å². The zero-order valence-corrected chi connectivity index (χ0v) is 11.9. The Kier molecular flexibility index (Phi) is 4.57. The smallest absolute Gasteiger partial charge is 0.283 e. The highest BCUT2D eigenvalue weighted by atomic mass is 35.5. The minimum Gasteiger partial charge on any atom is -0.338 e. The molecule has 1 amide bonds. The molecule has 0 saturated carbocycles. The van der Waals surface area contributed by atoms with Crippen LogP contribution in [0.1, 0.15) is 23.2 Å². The number of amides is 1. The van der Waals surface area contributed by atoms with Gasteiger partial charge < -0.3 is 10.2 Å². The molecular formula is C13H16ClN3O3. The van der Waals surface area contributed by atoms with Gasteiger partial charge in [-0.25, -0.2) is 0 Å². The highest BCUT2D eigenvalue weighted by Gasteiger charge is 2.27. The van der Waals surface area contributed by atoms with Gasteiger partial charge >= 0.3 is 0 Å². The fourth-order valence-electron chi connectivity index (χ4n) is 2.38. The molecule has 0 aromatic heterocycles. The monoisotopic (exact) mass is 297 g/mol. The maximum Gasteiger partial charge on any atom is 0.283 e. The van der Waals surface area contributed by atoms with Crippen LogP contribution in [0.2, 0.25) is 5.02 Å². The Hall–Kier alpha value is -1.66. The number of nitro benzene ring substituents is 1. The number of halogens is 1. The van der Waals surface area contributed by atoms with Crippen molar-refractivity contribution in [1.29, 1.82) is 0 Å². The van der Waals surface area contributed by atoms with E-state index in [1.807, 2.05) is 7.05 Å². The van der Waals surface area contributed by atoms with E-state index in [0.29, 0.717) is 19.1 Å². The number of nitro groups is 1. The number of hydrogen-bond acceptors (Lipinski definition) is 4. The first-order valence-electron chi connectivity index (χ1n) is 6.43. The summed E-state index contributed by atoms with van der Waals surface area (Å²) in [6.45, 7) is 1.20. The van der Waals surface area contributed by atoms with Gasteiger partial charge in [0.15, 0.2) is 0 Å². The van der Waals surface area contributed by atoms with E-state index in [1.165, 1.54) is 18.2 Å². The molecule has 108 valence electrons. The van der Waals surface area contributed by atoms with Crippen molar-refractivity contribution < 1.29 is 9.72 Å². The lowest BCUT2D eigenvalue weighted by Crippen LogP contribution is -2.44. The van der Waals surface area contributed by atoms with Gasteiger partial charge in [-0.05, 0) is 32.0 Å². The lowest BCUT2D eigenvalue weighted by Gasteiger charge is -2.31. The molecule has 1 aromatic rings. The Morgan fingerprint density at radius 1 is 1.45 bits per heavy atom. The average Bonchev–Trinajstić information content (AvgIpc) is 2.46. The van der Waals surface area contributed by atoms with Crippen LogP contribution in [0.5, 0.6) is 0 Å². The van der Waals surface area contributed by atoms with Crippen LogP contribution in [0.25, 0.3) is 0 Å². The lowest BCUT2D eigenvalue weighted by atomic mass is 10.0. The van der Waals surface area contributed by atoms with Crippen LogP contribution in [0.3, 0.4) is 0 Å². The zero-order chi connectivity index (χ0) is 14.7. The van der Waals surface area contributed by atoms with Crippen LogP contribution >= 0.6 is 11.6 Å². The van der Waals surface area contributed by atoms with Gasteiger partial charge in [0, 0.05) is 30.2 Å². The van der Waals surface area contributed by atoms with E-state index >= 15 is 0 Å². The van der Waals surface area contributed by atoms with Crippen LogP contribution in [0, 0.1) is 10.1 Å². The fourth-order valence-corrected chi connectivity index (χ4v) is 2.54. The van der Waals surface area contributed by atoms with Crippen LogP contribution in [-0.2, 0) is 0 Å². The van der Waals surface area contributed by atoms with Crippen molar-refractivity contribution in [3.8, 4) is 0 Å². The van der Waals surface area contributed by atoms with Gasteiger partial charge in [-0.1, -0.05) is 11.6 Å². The molecule has 0 unspecified atom stereocenters. The molecule has 1 saturated heterocycles. The van der Waals surface area contributed by atoms with Crippen molar-refractivity contribution in [1.82, 2.24) is 10.2 Å². The number of benzene rings is 1. The maximum absolute atomic E-state index is 12.4. The highest BCUT2D eigenvalue weighted by molar-refractivity contribution is 6.31. The summed E-state index contributed by atoms with van der Waals surface area (Å²) >= 11 is 5.75. The van der Waals surface area contributed by atoms with E-state index in [4.69, 9.17) is 11.6 Å². The SMILES string of the molecule is CNC1CCN(C(=O)c2ccc(Cl)cc2[N+](=O)[O-])CC1. The molecule has 0 atom stereocenters. The van der Waals surface area contributed by atoms with Gasteiger partial charge in [-0.3, -0.25) is 14.9 Å². The van der Waals surface area contributed by atoms with Gasteiger partial charge in [0.25, 0.3) is 11.6 Å². The molecule has 20 heavy (non-hydrogen) atoms. The van der Waals surface area contributed by atoms with Gasteiger partial charge in [-0.2, -0.15) is 0 Å². The first-order valence-corrected chi connectivity index (χ1v) is 6.81. The third kappa shape index (κ3) is 3.08. The summed E-state index contributed by atoms with van der Waals surface area (Å²) in [5.41, 5.74) is -0.138. The zero-order valence-electron chi connectivity index (χ0n) is 11.1. The van der Waals surface area contributed by atoms with Gasteiger partial charge in [0.1, 0.15) is 5.56 Å². The van der Waals surface area contributed by atoms with Crippen molar-refractivity contribution >= 4 is 23.2 Å². The largest absolute Gasteiger partial charge is 0.338 e. The topological polar surface area (TPSA) is 75.5 Å². The molecule has 0 radical (unpaired) electrons. The fraction of sp³-hybridized carbons (Fsp3) is 0.462. The van der Waals surface area contributed by atoms with Crippen LogP contribution in [0.4, 0.5) is 5.69 Å². The van der Waals surface area contributed by atoms with E-state index in [9.17, 15) is 14.9 Å². The number of likely N-dealkylation sites (tertiary alicyclic amines) is 1. The summed E-state index contributed by atoms with van der Waals surface area (Å²) in [6.07, 6.45) is 1.70. The summed E-state index contributed by atoms with van der Waals surface area (Å²) in [4.78, 5) is 24.5. The molecule has 6 nitrogen and oxygen atoms in total. The quantitative estimate of drug-likeness (QED) is 0.684. The Morgan fingerprint density at radius 3 is 2.65 bits per heavy atom. The number of carbonyl (C=O) groups excluding carboxylic acids is 1. The summed E-state index contributed by atoms with van der Waals surface area (Å²) in [5.74, 6) is -0.303. The molecular weight excluding hydrogens is 282 g/mol. The lowest BCUT2D eigenvalue weighted by molar-refractivity contribution is -0.385. The number of rotatable bonds is 3. The summed E-state index contributed by atoms with van der Waals surface area (Å²) < 4.78 is 0. The summed E-state index contributed by atoms with van der Waals surface area (Å²) in [7, 11) is 1.90. The number of nitrogens with one attached hydrogen (secondary N) is 1. The Balaban J connectivity index is 2.19. The molecule has 0 spiro atoms. The third-order valence-electron chi connectivity index (χ3n) is 3.58. The molecule has 1 fully saturated rings. The summed E-state index contributed by atoms with van der Waals surface area (Å²) in [5, 5.41) is 14.5. The maximum atomic E-state index is 12.4. The van der Waals surface area contributed by atoms with Crippen molar-refractivity contribution in [2.45, 2.75) is 18.9 Å². The molecule has 1 aliphatic rings. The molecule has 7 heteroatoms. The number of hydrogen-bond donors (Lipinski definition) is 1. The standard InChI is InChI=1S/C13H16ClN3O3/c1-15-10-4-6-16(7-5-10)13(18)11-3-2-9(14)8-12(11)17(19)20/h2-3,8,10,15H,4-7H2,1H3. The van der Waals surface area contributed by atoms with Crippen LogP contribution in [-0.4, -0.2) is 41.9 Å². The molecule has 1 heterocycles. The highest BCUT2D eigenvalue weighted by Crippen LogP contribution is 2.25. The van der Waals surface area contributed by atoms with E-state index in [1.54, 1.807) is 4.90 Å². The Bertz CT molecular complexity index is 528. The van der Waals surface area contributed by atoms with Crippen LogP contribution in [0.15, 0.2) is 18.2 Å². The van der Waals surface area contributed by atoms with E-state index in [0.717, 1.165) is 12.8 Å². The first kappa shape index (κ1) is 14.7. The Labute approximate surface area is 121 Å². The van der Waals surface area contributed by atoms with Gasteiger partial charge in [0.2, 0.25) is 0 Å². The number of carbonyl (C=O) groups is 1. The van der Waals surface area contributed by atoms with E-state index < -0.39 is 4.92 Å². The second-order valence-corrected chi connectivity index (χ2v) is 5.21. The minimum absolute atomic E-state index is 0.0994. The van der Waals surface area contributed by atoms with E-state index in [-0.39, 0.29) is 22.2 Å². The normalized spacial score (nSPS) is 16.2. The Morgan fingerprint density at radius 2 is 2.10 bits per heavy atom. The molecule has 0 aliphatic carbocycles. The second-order valence-electron chi connectivity index (χ2n) is 4.77. The first-order chi connectivity index (χ1) is 9.52. The molecule has 1 N–H and O–H groups in total. The minimum atomic E-state index is -0.570. The second kappa shape index (κ2) is 6.19. The molecule has 1 aliphatic heterocycles. The summed E-state index contributed by atoms with van der Waals surface area (Å²) in [6, 6.07) is 4.55. The van der Waals surface area contributed by atoms with Crippen molar-refractivity contribution in [2.75, 3.05) is 20.1 Å². The number of piperidine rings is 1. The predicted molar refractivity (Wildman–Crippen MR) is 76.1 cm³/mol. The van der Waals surface area contributed by atoms with Crippen molar-refractivity contribution in [3.63, 3.8) is 0 Å².